The zero-order valence-electron chi connectivity index (χ0n) is 15.7. The van der Waals surface area contributed by atoms with Crippen molar-refractivity contribution in [2.75, 3.05) is 33.4 Å². The number of hydrogen-bond acceptors (Lipinski definition) is 4. The van der Waals surface area contributed by atoms with Crippen LogP contribution >= 0.6 is 0 Å². The van der Waals surface area contributed by atoms with Gasteiger partial charge in [-0.05, 0) is 28.8 Å². The van der Waals surface area contributed by atoms with E-state index in [0.717, 1.165) is 16.7 Å². The van der Waals surface area contributed by atoms with E-state index in [1.807, 2.05) is 30.3 Å². The average molecular weight is 386 g/mol. The second-order valence-electron chi connectivity index (χ2n) is 6.84. The minimum Gasteiger partial charge on any atom is -0.375 e. The van der Waals surface area contributed by atoms with E-state index in [0.29, 0.717) is 6.54 Å². The predicted octanol–water partition coefficient (Wildman–Crippen LogP) is 1.76. The second kappa shape index (κ2) is 8.50. The van der Waals surface area contributed by atoms with Crippen molar-refractivity contribution in [2.45, 2.75) is 12.0 Å². The molecule has 1 atom stereocenters. The van der Waals surface area contributed by atoms with E-state index in [1.165, 1.54) is 24.1 Å². The molecule has 0 spiro atoms. The van der Waals surface area contributed by atoms with Gasteiger partial charge in [-0.1, -0.05) is 36.4 Å². The first-order valence-electron chi connectivity index (χ1n) is 8.99. The van der Waals surface area contributed by atoms with Crippen molar-refractivity contribution in [1.29, 1.82) is 0 Å². The van der Waals surface area contributed by atoms with Gasteiger partial charge in [-0.2, -0.15) is 0 Å². The maximum absolute atomic E-state index is 13.5. The van der Waals surface area contributed by atoms with Gasteiger partial charge in [-0.3, -0.25) is 9.59 Å². The molecule has 1 aliphatic rings. The lowest BCUT2D eigenvalue weighted by molar-refractivity contribution is -0.165. The number of hydrogen-bond donors (Lipinski definition) is 1. The summed E-state index contributed by atoms with van der Waals surface area (Å²) in [6.45, 7) is 0.584. The minimum absolute atomic E-state index is 0.0642. The Hall–Kier alpha value is -2.77. The highest BCUT2D eigenvalue weighted by molar-refractivity contribution is 5.86. The number of nitrogens with two attached hydrogens (primary N) is 1. The molecule has 2 N–H and O–H groups in total. The first-order chi connectivity index (χ1) is 13.4. The van der Waals surface area contributed by atoms with Gasteiger partial charge >= 0.3 is 0 Å². The molecule has 1 unspecified atom stereocenters. The fraction of sp³-hybridized carbons (Fsp3) is 0.333. The summed E-state index contributed by atoms with van der Waals surface area (Å²) in [4.78, 5) is 26.0. The summed E-state index contributed by atoms with van der Waals surface area (Å²) >= 11 is 0. The zero-order valence-corrected chi connectivity index (χ0v) is 15.7. The molecule has 2 amide bonds. The van der Waals surface area contributed by atoms with Crippen LogP contribution in [0.4, 0.5) is 4.39 Å². The lowest BCUT2D eigenvalue weighted by Crippen LogP contribution is -2.61. The molecule has 2 aromatic carbocycles. The van der Waals surface area contributed by atoms with Gasteiger partial charge in [0.1, 0.15) is 12.4 Å². The SMILES string of the molecule is COCC(=O)N1CCOC(Cc2cccc(-c3cccc(F)c3)c2)(C(N)=O)C1. The minimum atomic E-state index is -1.32. The fourth-order valence-electron chi connectivity index (χ4n) is 3.41. The summed E-state index contributed by atoms with van der Waals surface area (Å²) in [5.41, 5.74) is 6.71. The number of amides is 2. The van der Waals surface area contributed by atoms with Gasteiger partial charge in [0.2, 0.25) is 5.91 Å². The van der Waals surface area contributed by atoms with E-state index in [2.05, 4.69) is 0 Å². The van der Waals surface area contributed by atoms with Crippen LogP contribution in [-0.4, -0.2) is 55.7 Å². The van der Waals surface area contributed by atoms with Crippen LogP contribution in [0.1, 0.15) is 5.56 Å². The molecule has 0 aliphatic carbocycles. The smallest absolute Gasteiger partial charge is 0.251 e. The van der Waals surface area contributed by atoms with Gasteiger partial charge in [0, 0.05) is 20.1 Å². The summed E-state index contributed by atoms with van der Waals surface area (Å²) in [7, 11) is 1.44. The zero-order chi connectivity index (χ0) is 20.1. The molecule has 1 saturated heterocycles. The lowest BCUT2D eigenvalue weighted by Gasteiger charge is -2.40. The first-order valence-corrected chi connectivity index (χ1v) is 8.99. The quantitative estimate of drug-likeness (QED) is 0.820. The molecular formula is C21H23FN2O4. The van der Waals surface area contributed by atoms with Crippen LogP contribution in [0, 0.1) is 5.82 Å². The molecule has 28 heavy (non-hydrogen) atoms. The number of halogens is 1. The van der Waals surface area contributed by atoms with Crippen LogP contribution in [0.25, 0.3) is 11.1 Å². The van der Waals surface area contributed by atoms with E-state index in [-0.39, 0.29) is 37.9 Å². The number of primary amides is 1. The van der Waals surface area contributed by atoms with E-state index < -0.39 is 11.5 Å². The average Bonchev–Trinajstić information content (AvgIpc) is 2.68. The van der Waals surface area contributed by atoms with Gasteiger partial charge < -0.3 is 20.1 Å². The normalized spacial score (nSPS) is 19.4. The highest BCUT2D eigenvalue weighted by Crippen LogP contribution is 2.27. The number of methoxy groups -OCH3 is 1. The standard InChI is InChI=1S/C21H23FN2O4/c1-27-13-19(25)24-8-9-28-21(14-24,20(23)26)12-15-4-2-5-16(10-15)17-6-3-7-18(22)11-17/h2-7,10-11H,8-9,12-14H2,1H3,(H2,23,26). The number of ether oxygens (including phenoxy) is 2. The van der Waals surface area contributed by atoms with Crippen molar-refractivity contribution < 1.29 is 23.5 Å². The third-order valence-electron chi connectivity index (χ3n) is 4.83. The summed E-state index contributed by atoms with van der Waals surface area (Å²) < 4.78 is 24.2. The number of nitrogens with zero attached hydrogens (tertiary/aromatic N) is 1. The lowest BCUT2D eigenvalue weighted by atomic mass is 9.90. The Morgan fingerprint density at radius 2 is 1.93 bits per heavy atom. The molecule has 1 fully saturated rings. The molecule has 0 saturated carbocycles. The van der Waals surface area contributed by atoms with Gasteiger partial charge in [-0.15, -0.1) is 0 Å². The summed E-state index contributed by atoms with van der Waals surface area (Å²) in [5.74, 6) is -1.16. The number of benzene rings is 2. The van der Waals surface area contributed by atoms with Crippen LogP contribution in [0.15, 0.2) is 48.5 Å². The van der Waals surface area contributed by atoms with E-state index in [4.69, 9.17) is 15.2 Å². The summed E-state index contributed by atoms with van der Waals surface area (Å²) in [6, 6.07) is 13.7. The Morgan fingerprint density at radius 1 is 1.21 bits per heavy atom. The third kappa shape index (κ3) is 4.37. The molecule has 7 heteroatoms. The summed E-state index contributed by atoms with van der Waals surface area (Å²) in [6.07, 6.45) is 0.211. The Balaban J connectivity index is 1.86. The van der Waals surface area contributed by atoms with Crippen molar-refractivity contribution >= 4 is 11.8 Å². The van der Waals surface area contributed by atoms with Crippen LogP contribution in [0.2, 0.25) is 0 Å². The predicted molar refractivity (Wildman–Crippen MR) is 102 cm³/mol. The van der Waals surface area contributed by atoms with Crippen LogP contribution in [0.3, 0.4) is 0 Å². The van der Waals surface area contributed by atoms with Crippen molar-refractivity contribution in [3.05, 3.63) is 59.9 Å². The van der Waals surface area contributed by atoms with Crippen LogP contribution in [0.5, 0.6) is 0 Å². The van der Waals surface area contributed by atoms with Crippen molar-refractivity contribution in [2.24, 2.45) is 5.73 Å². The highest BCUT2D eigenvalue weighted by Gasteiger charge is 2.43. The van der Waals surface area contributed by atoms with Crippen LogP contribution < -0.4 is 5.73 Å². The van der Waals surface area contributed by atoms with Gasteiger partial charge in [0.05, 0.1) is 13.2 Å². The maximum Gasteiger partial charge on any atom is 0.251 e. The molecule has 1 heterocycles. The highest BCUT2D eigenvalue weighted by atomic mass is 19.1. The Morgan fingerprint density at radius 3 is 2.61 bits per heavy atom. The molecule has 148 valence electrons. The monoisotopic (exact) mass is 386 g/mol. The second-order valence-corrected chi connectivity index (χ2v) is 6.84. The first kappa shape index (κ1) is 20.0. The Kier molecular flexibility index (Phi) is 6.06. The summed E-state index contributed by atoms with van der Waals surface area (Å²) in [5, 5.41) is 0. The molecule has 3 rings (SSSR count). The number of rotatable bonds is 6. The Labute approximate surface area is 163 Å². The van der Waals surface area contributed by atoms with Crippen molar-refractivity contribution in [1.82, 2.24) is 4.90 Å². The molecular weight excluding hydrogens is 363 g/mol. The fourth-order valence-corrected chi connectivity index (χ4v) is 3.41. The van der Waals surface area contributed by atoms with Gasteiger partial charge in [0.25, 0.3) is 5.91 Å². The van der Waals surface area contributed by atoms with E-state index in [1.54, 1.807) is 6.07 Å². The molecule has 6 nitrogen and oxygen atoms in total. The topological polar surface area (TPSA) is 81.9 Å². The maximum atomic E-state index is 13.5. The van der Waals surface area contributed by atoms with Crippen molar-refractivity contribution in [3.8, 4) is 11.1 Å². The number of carbonyl (C=O) groups excluding carboxylic acids is 2. The molecule has 0 aromatic heterocycles. The van der Waals surface area contributed by atoms with Gasteiger partial charge in [-0.25, -0.2) is 4.39 Å². The van der Waals surface area contributed by atoms with E-state index >= 15 is 0 Å². The van der Waals surface area contributed by atoms with E-state index in [9.17, 15) is 14.0 Å². The molecule has 2 aromatic rings. The van der Waals surface area contributed by atoms with Gasteiger partial charge in [0.15, 0.2) is 5.60 Å². The van der Waals surface area contributed by atoms with Crippen molar-refractivity contribution in [3.63, 3.8) is 0 Å². The molecule has 0 bridgehead atoms. The third-order valence-corrected chi connectivity index (χ3v) is 4.83. The molecule has 1 aliphatic heterocycles. The molecule has 0 radical (unpaired) electrons. The number of carbonyl (C=O) groups is 2. The number of morpholine rings is 1. The largest absolute Gasteiger partial charge is 0.375 e. The Bertz CT molecular complexity index is 873. The van der Waals surface area contributed by atoms with Crippen LogP contribution in [-0.2, 0) is 25.5 Å².